The maximum absolute atomic E-state index is 11.6. The number of carbonyl (C=O) groups is 1. The minimum atomic E-state index is 0.111. The molecule has 3 rings (SSSR count). The van der Waals surface area contributed by atoms with E-state index in [0.29, 0.717) is 0 Å². The fourth-order valence-corrected chi connectivity index (χ4v) is 2.64. The van der Waals surface area contributed by atoms with E-state index in [9.17, 15) is 4.79 Å². The first-order chi connectivity index (χ1) is 9.25. The monoisotopic (exact) mass is 256 g/mol. The predicted molar refractivity (Wildman–Crippen MR) is 71.2 cm³/mol. The van der Waals surface area contributed by atoms with Crippen molar-refractivity contribution in [3.8, 4) is 11.4 Å². The highest BCUT2D eigenvalue weighted by Crippen LogP contribution is 2.31. The summed E-state index contributed by atoms with van der Waals surface area (Å²) in [6, 6.07) is 7.93. The molecule has 0 aromatic carbocycles. The van der Waals surface area contributed by atoms with Crippen LogP contribution in [0.3, 0.4) is 0 Å². The van der Waals surface area contributed by atoms with Crippen LogP contribution in [0.15, 0.2) is 30.5 Å². The van der Waals surface area contributed by atoms with Crippen LogP contribution in [0.1, 0.15) is 31.5 Å². The normalized spacial score (nSPS) is 18.8. The number of H-pyrrole nitrogens is 1. The number of rotatable bonds is 2. The minimum absolute atomic E-state index is 0.111. The molecule has 1 N–H and O–H groups in total. The average Bonchev–Trinajstić information content (AvgIpc) is 3.10. The average molecular weight is 256 g/mol. The molecular weight excluding hydrogens is 240 g/mol. The molecule has 5 nitrogen and oxygen atoms in total. The first kappa shape index (κ1) is 11.9. The quantitative estimate of drug-likeness (QED) is 0.895. The zero-order valence-electron chi connectivity index (χ0n) is 10.8. The smallest absolute Gasteiger partial charge is 0.220 e. The van der Waals surface area contributed by atoms with Crippen LogP contribution in [0.2, 0.25) is 0 Å². The summed E-state index contributed by atoms with van der Waals surface area (Å²) in [5.41, 5.74) is 2.72. The molecule has 5 heteroatoms. The number of likely N-dealkylation sites (tertiary alicyclic amines) is 1. The number of hydrogen-bond donors (Lipinski definition) is 1. The molecule has 3 heterocycles. The topological polar surface area (TPSA) is 61.9 Å². The number of amides is 1. The Bertz CT molecular complexity index is 579. The lowest BCUT2D eigenvalue weighted by atomic mass is 10.1. The van der Waals surface area contributed by atoms with E-state index in [-0.39, 0.29) is 11.9 Å². The van der Waals surface area contributed by atoms with Gasteiger partial charge in [0.15, 0.2) is 0 Å². The molecule has 1 saturated heterocycles. The number of nitrogens with one attached hydrogen (secondary N) is 1. The van der Waals surface area contributed by atoms with Gasteiger partial charge in [-0.25, -0.2) is 4.98 Å². The van der Waals surface area contributed by atoms with Crippen LogP contribution in [0.25, 0.3) is 11.4 Å². The van der Waals surface area contributed by atoms with Crippen LogP contribution >= 0.6 is 0 Å². The van der Waals surface area contributed by atoms with Gasteiger partial charge >= 0.3 is 0 Å². The highest BCUT2D eigenvalue weighted by Gasteiger charge is 2.28. The SMILES string of the molecule is CC(=O)N1CCCC1c1cccc(-c2ccn[nH]2)n1. The van der Waals surface area contributed by atoms with Gasteiger partial charge in [-0.2, -0.15) is 5.10 Å². The van der Waals surface area contributed by atoms with Crippen molar-refractivity contribution in [3.63, 3.8) is 0 Å². The molecule has 0 radical (unpaired) electrons. The number of carbonyl (C=O) groups excluding carboxylic acids is 1. The summed E-state index contributed by atoms with van der Waals surface area (Å²) in [4.78, 5) is 18.2. The first-order valence-corrected chi connectivity index (χ1v) is 6.49. The number of nitrogens with zero attached hydrogens (tertiary/aromatic N) is 3. The number of hydrogen-bond acceptors (Lipinski definition) is 3. The Balaban J connectivity index is 1.93. The van der Waals surface area contributed by atoms with Crippen LogP contribution < -0.4 is 0 Å². The molecule has 1 aliphatic rings. The van der Waals surface area contributed by atoms with Crippen molar-refractivity contribution in [1.82, 2.24) is 20.1 Å². The molecule has 1 fully saturated rings. The number of aromatic amines is 1. The van der Waals surface area contributed by atoms with Gasteiger partial charge in [-0.3, -0.25) is 9.89 Å². The van der Waals surface area contributed by atoms with Gasteiger partial charge in [0, 0.05) is 19.7 Å². The van der Waals surface area contributed by atoms with Crippen molar-refractivity contribution >= 4 is 5.91 Å². The van der Waals surface area contributed by atoms with Crippen LogP contribution in [0.4, 0.5) is 0 Å². The highest BCUT2D eigenvalue weighted by atomic mass is 16.2. The van der Waals surface area contributed by atoms with Crippen LogP contribution in [-0.4, -0.2) is 32.5 Å². The van der Waals surface area contributed by atoms with Gasteiger partial charge in [-0.05, 0) is 31.0 Å². The van der Waals surface area contributed by atoms with Gasteiger partial charge in [-0.1, -0.05) is 6.07 Å². The summed E-state index contributed by atoms with van der Waals surface area (Å²) >= 11 is 0. The van der Waals surface area contributed by atoms with Crippen molar-refractivity contribution in [3.05, 3.63) is 36.2 Å². The van der Waals surface area contributed by atoms with E-state index < -0.39 is 0 Å². The molecule has 1 amide bonds. The van der Waals surface area contributed by atoms with Gasteiger partial charge in [0.05, 0.1) is 23.1 Å². The lowest BCUT2D eigenvalue weighted by Crippen LogP contribution is -2.28. The molecule has 0 spiro atoms. The molecular formula is C14H16N4O. The van der Waals surface area contributed by atoms with E-state index in [1.54, 1.807) is 13.1 Å². The summed E-state index contributed by atoms with van der Waals surface area (Å²) < 4.78 is 0. The zero-order valence-corrected chi connectivity index (χ0v) is 10.8. The second kappa shape index (κ2) is 4.84. The van der Waals surface area contributed by atoms with E-state index in [0.717, 1.165) is 36.5 Å². The highest BCUT2D eigenvalue weighted by molar-refractivity contribution is 5.74. The second-order valence-electron chi connectivity index (χ2n) is 4.79. The van der Waals surface area contributed by atoms with E-state index in [1.807, 2.05) is 29.2 Å². The van der Waals surface area contributed by atoms with Crippen molar-refractivity contribution in [1.29, 1.82) is 0 Å². The first-order valence-electron chi connectivity index (χ1n) is 6.49. The van der Waals surface area contributed by atoms with Gasteiger partial charge in [0.2, 0.25) is 5.91 Å². The number of pyridine rings is 1. The van der Waals surface area contributed by atoms with E-state index >= 15 is 0 Å². The standard InChI is InChI=1S/C14H16N4O/c1-10(19)18-9-3-6-14(18)13-5-2-4-11(16-13)12-7-8-15-17-12/h2,4-5,7-8,14H,3,6,9H2,1H3,(H,15,17). The predicted octanol–water partition coefficient (Wildman–Crippen LogP) is 2.16. The Morgan fingerprint density at radius 1 is 1.42 bits per heavy atom. The van der Waals surface area contributed by atoms with Crippen LogP contribution in [0.5, 0.6) is 0 Å². The summed E-state index contributed by atoms with van der Waals surface area (Å²) in [5.74, 6) is 0.122. The third-order valence-electron chi connectivity index (χ3n) is 3.55. The van der Waals surface area contributed by atoms with E-state index in [1.165, 1.54) is 0 Å². The Labute approximate surface area is 111 Å². The van der Waals surface area contributed by atoms with Crippen molar-refractivity contribution < 1.29 is 4.79 Å². The van der Waals surface area contributed by atoms with Crippen molar-refractivity contribution in [2.24, 2.45) is 0 Å². The molecule has 2 aromatic rings. The largest absolute Gasteiger partial charge is 0.334 e. The van der Waals surface area contributed by atoms with Crippen molar-refractivity contribution in [2.45, 2.75) is 25.8 Å². The lowest BCUT2D eigenvalue weighted by Gasteiger charge is -2.23. The van der Waals surface area contributed by atoms with E-state index in [2.05, 4.69) is 15.2 Å². The lowest BCUT2D eigenvalue weighted by molar-refractivity contribution is -0.129. The fraction of sp³-hybridized carbons (Fsp3) is 0.357. The molecule has 98 valence electrons. The van der Waals surface area contributed by atoms with Gasteiger partial charge in [-0.15, -0.1) is 0 Å². The zero-order chi connectivity index (χ0) is 13.2. The fourth-order valence-electron chi connectivity index (χ4n) is 2.64. The Morgan fingerprint density at radius 2 is 2.32 bits per heavy atom. The molecule has 1 unspecified atom stereocenters. The molecule has 2 aromatic heterocycles. The summed E-state index contributed by atoms with van der Waals surface area (Å²) in [6.45, 7) is 2.45. The third-order valence-corrected chi connectivity index (χ3v) is 3.55. The van der Waals surface area contributed by atoms with Crippen LogP contribution in [-0.2, 0) is 4.79 Å². The third kappa shape index (κ3) is 2.23. The van der Waals surface area contributed by atoms with Gasteiger partial charge < -0.3 is 4.90 Å². The van der Waals surface area contributed by atoms with Gasteiger partial charge in [0.25, 0.3) is 0 Å². The van der Waals surface area contributed by atoms with Gasteiger partial charge in [0.1, 0.15) is 0 Å². The summed E-state index contributed by atoms with van der Waals surface area (Å²) in [6.07, 6.45) is 3.74. The maximum atomic E-state index is 11.6. The minimum Gasteiger partial charge on any atom is -0.334 e. The molecule has 19 heavy (non-hydrogen) atoms. The molecule has 1 aliphatic heterocycles. The second-order valence-corrected chi connectivity index (χ2v) is 4.79. The van der Waals surface area contributed by atoms with Crippen LogP contribution in [0, 0.1) is 0 Å². The van der Waals surface area contributed by atoms with Crippen molar-refractivity contribution in [2.75, 3.05) is 6.54 Å². The summed E-state index contributed by atoms with van der Waals surface area (Å²) in [7, 11) is 0. The summed E-state index contributed by atoms with van der Waals surface area (Å²) in [5, 5.41) is 6.85. The Morgan fingerprint density at radius 3 is 3.05 bits per heavy atom. The molecule has 1 atom stereocenters. The molecule has 0 saturated carbocycles. The van der Waals surface area contributed by atoms with E-state index in [4.69, 9.17) is 0 Å². The molecule has 0 aliphatic carbocycles. The maximum Gasteiger partial charge on any atom is 0.220 e. The molecule has 0 bridgehead atoms. The Hall–Kier alpha value is -2.17. The Kier molecular flexibility index (Phi) is 3.03. The number of aromatic nitrogens is 3.